The van der Waals surface area contributed by atoms with Crippen LogP contribution < -0.4 is 19.5 Å². The molecule has 2 aromatic rings. The van der Waals surface area contributed by atoms with Gasteiger partial charge in [-0.15, -0.1) is 0 Å². The van der Waals surface area contributed by atoms with Gasteiger partial charge in [0.1, 0.15) is 23.9 Å². The first-order chi connectivity index (χ1) is 11.6. The molecule has 128 valence electrons. The van der Waals surface area contributed by atoms with Gasteiger partial charge in [-0.2, -0.15) is 0 Å². The lowest BCUT2D eigenvalue weighted by Crippen LogP contribution is -2.38. The zero-order valence-corrected chi connectivity index (χ0v) is 14.2. The van der Waals surface area contributed by atoms with E-state index in [9.17, 15) is 4.79 Å². The van der Waals surface area contributed by atoms with Crippen LogP contribution in [-0.2, 0) is 4.79 Å². The summed E-state index contributed by atoms with van der Waals surface area (Å²) in [5, 5.41) is 2.80. The molecule has 0 aliphatic carbocycles. The molecular weight excluding hydrogens is 306 g/mol. The molecule has 0 fully saturated rings. The van der Waals surface area contributed by atoms with Gasteiger partial charge in [0.15, 0.2) is 6.10 Å². The zero-order chi connectivity index (χ0) is 17.4. The van der Waals surface area contributed by atoms with Crippen LogP contribution in [0.1, 0.15) is 12.5 Å². The molecule has 0 spiro atoms. The van der Waals surface area contributed by atoms with Gasteiger partial charge in [0.2, 0.25) is 0 Å². The first kappa shape index (κ1) is 17.7. The van der Waals surface area contributed by atoms with Gasteiger partial charge in [0.05, 0.1) is 13.7 Å². The fraction of sp³-hybridized carbons (Fsp3) is 0.316. The summed E-state index contributed by atoms with van der Waals surface area (Å²) in [5.41, 5.74) is 1.07. The van der Waals surface area contributed by atoms with Crippen LogP contribution >= 0.6 is 0 Å². The molecule has 0 aliphatic heterocycles. The number of rotatable bonds is 8. The normalized spacial score (nSPS) is 11.5. The Balaban J connectivity index is 1.72. The smallest absolute Gasteiger partial charge is 0.260 e. The third kappa shape index (κ3) is 5.19. The van der Waals surface area contributed by atoms with Crippen LogP contribution in [0.2, 0.25) is 0 Å². The molecule has 0 radical (unpaired) electrons. The predicted molar refractivity (Wildman–Crippen MR) is 92.8 cm³/mol. The Bertz CT molecular complexity index is 655. The van der Waals surface area contributed by atoms with Crippen LogP contribution in [-0.4, -0.2) is 32.3 Å². The van der Waals surface area contributed by atoms with Gasteiger partial charge in [-0.1, -0.05) is 18.2 Å². The van der Waals surface area contributed by atoms with Gasteiger partial charge in [-0.25, -0.2) is 0 Å². The minimum Gasteiger partial charge on any atom is -0.497 e. The van der Waals surface area contributed by atoms with Crippen molar-refractivity contribution in [2.75, 3.05) is 20.3 Å². The number of aryl methyl sites for hydroxylation is 1. The number of nitrogens with one attached hydrogen (secondary N) is 1. The Labute approximate surface area is 142 Å². The molecule has 24 heavy (non-hydrogen) atoms. The lowest BCUT2D eigenvalue weighted by Gasteiger charge is -2.15. The number of amides is 1. The van der Waals surface area contributed by atoms with Gasteiger partial charge in [-0.05, 0) is 49.7 Å². The Hall–Kier alpha value is -2.69. The van der Waals surface area contributed by atoms with Crippen LogP contribution in [0.4, 0.5) is 0 Å². The molecule has 5 nitrogen and oxygen atoms in total. The van der Waals surface area contributed by atoms with Crippen molar-refractivity contribution in [3.63, 3.8) is 0 Å². The van der Waals surface area contributed by atoms with E-state index in [1.54, 1.807) is 38.3 Å². The summed E-state index contributed by atoms with van der Waals surface area (Å²) in [4.78, 5) is 12.0. The number of carbonyl (C=O) groups is 1. The topological polar surface area (TPSA) is 56.8 Å². The van der Waals surface area contributed by atoms with Gasteiger partial charge in [0.25, 0.3) is 5.91 Å². The van der Waals surface area contributed by atoms with Crippen molar-refractivity contribution >= 4 is 5.91 Å². The van der Waals surface area contributed by atoms with Crippen LogP contribution in [0.15, 0.2) is 48.5 Å². The molecule has 0 aliphatic rings. The third-order valence-electron chi connectivity index (χ3n) is 3.49. The lowest BCUT2D eigenvalue weighted by molar-refractivity contribution is -0.127. The summed E-state index contributed by atoms with van der Waals surface area (Å²) >= 11 is 0. The molecule has 1 N–H and O–H groups in total. The second-order valence-electron chi connectivity index (χ2n) is 5.34. The third-order valence-corrected chi connectivity index (χ3v) is 3.49. The average Bonchev–Trinajstić information content (AvgIpc) is 2.60. The standard InChI is InChI=1S/C19H23NO4/c1-14-6-4-5-7-18(14)23-13-12-20-19(21)15(2)24-17-10-8-16(22-3)9-11-17/h4-11,15H,12-13H2,1-3H3,(H,20,21)/t15-/m1/s1. The Morgan fingerprint density at radius 3 is 2.42 bits per heavy atom. The number of hydrogen-bond donors (Lipinski definition) is 1. The van der Waals surface area contributed by atoms with Crippen LogP contribution in [0.3, 0.4) is 0 Å². The monoisotopic (exact) mass is 329 g/mol. The molecule has 0 aromatic heterocycles. The van der Waals surface area contributed by atoms with Crippen LogP contribution in [0.25, 0.3) is 0 Å². The highest BCUT2D eigenvalue weighted by Crippen LogP contribution is 2.18. The molecular formula is C19H23NO4. The number of methoxy groups -OCH3 is 1. The zero-order valence-electron chi connectivity index (χ0n) is 14.2. The molecule has 2 aromatic carbocycles. The fourth-order valence-corrected chi connectivity index (χ4v) is 2.11. The van der Waals surface area contributed by atoms with Crippen molar-refractivity contribution in [1.29, 1.82) is 0 Å². The highest BCUT2D eigenvalue weighted by atomic mass is 16.5. The number of hydrogen-bond acceptors (Lipinski definition) is 4. The van der Waals surface area contributed by atoms with E-state index in [-0.39, 0.29) is 5.91 Å². The summed E-state index contributed by atoms with van der Waals surface area (Å²) in [6.07, 6.45) is -0.586. The van der Waals surface area contributed by atoms with E-state index < -0.39 is 6.10 Å². The van der Waals surface area contributed by atoms with E-state index in [4.69, 9.17) is 14.2 Å². The van der Waals surface area contributed by atoms with E-state index in [1.165, 1.54) is 0 Å². The average molecular weight is 329 g/mol. The van der Waals surface area contributed by atoms with E-state index >= 15 is 0 Å². The van der Waals surface area contributed by atoms with Gasteiger partial charge < -0.3 is 19.5 Å². The van der Waals surface area contributed by atoms with Crippen LogP contribution in [0, 0.1) is 6.92 Å². The molecule has 0 saturated heterocycles. The van der Waals surface area contributed by atoms with Crippen molar-refractivity contribution in [2.45, 2.75) is 20.0 Å². The van der Waals surface area contributed by atoms with Crippen molar-refractivity contribution in [2.24, 2.45) is 0 Å². The maximum atomic E-state index is 12.0. The number of carbonyl (C=O) groups excluding carboxylic acids is 1. The molecule has 0 bridgehead atoms. The molecule has 0 unspecified atom stereocenters. The highest BCUT2D eigenvalue weighted by Gasteiger charge is 2.14. The summed E-state index contributed by atoms with van der Waals surface area (Å²) in [7, 11) is 1.60. The summed E-state index contributed by atoms with van der Waals surface area (Å²) in [6, 6.07) is 14.9. The lowest BCUT2D eigenvalue weighted by atomic mass is 10.2. The summed E-state index contributed by atoms with van der Waals surface area (Å²) in [5.74, 6) is 2.01. The van der Waals surface area contributed by atoms with Crippen molar-refractivity contribution in [3.05, 3.63) is 54.1 Å². The number of para-hydroxylation sites is 1. The summed E-state index contributed by atoms with van der Waals surface area (Å²) in [6.45, 7) is 4.52. The van der Waals surface area contributed by atoms with Gasteiger partial charge >= 0.3 is 0 Å². The van der Waals surface area contributed by atoms with Crippen molar-refractivity contribution in [1.82, 2.24) is 5.32 Å². The number of benzene rings is 2. The first-order valence-corrected chi connectivity index (χ1v) is 7.87. The van der Waals surface area contributed by atoms with E-state index in [0.717, 1.165) is 17.1 Å². The molecule has 2 rings (SSSR count). The minimum atomic E-state index is -0.586. The Kier molecular flexibility index (Phi) is 6.49. The largest absolute Gasteiger partial charge is 0.497 e. The minimum absolute atomic E-state index is 0.181. The van der Waals surface area contributed by atoms with E-state index in [2.05, 4.69) is 5.32 Å². The summed E-state index contributed by atoms with van der Waals surface area (Å²) < 4.78 is 16.3. The second kappa shape index (κ2) is 8.82. The molecule has 1 atom stereocenters. The molecule has 0 saturated carbocycles. The number of ether oxygens (including phenoxy) is 3. The highest BCUT2D eigenvalue weighted by molar-refractivity contribution is 5.80. The van der Waals surface area contributed by atoms with E-state index in [1.807, 2.05) is 31.2 Å². The Morgan fingerprint density at radius 2 is 1.75 bits per heavy atom. The van der Waals surface area contributed by atoms with Crippen LogP contribution in [0.5, 0.6) is 17.2 Å². The fourth-order valence-electron chi connectivity index (χ4n) is 2.11. The van der Waals surface area contributed by atoms with Gasteiger partial charge in [-0.3, -0.25) is 4.79 Å². The SMILES string of the molecule is COc1ccc(O[C@H](C)C(=O)NCCOc2ccccc2C)cc1. The molecule has 0 heterocycles. The van der Waals surface area contributed by atoms with Crippen molar-refractivity contribution < 1.29 is 19.0 Å². The maximum absolute atomic E-state index is 12.0. The van der Waals surface area contributed by atoms with Crippen molar-refractivity contribution in [3.8, 4) is 17.2 Å². The first-order valence-electron chi connectivity index (χ1n) is 7.87. The molecule has 1 amide bonds. The Morgan fingerprint density at radius 1 is 1.08 bits per heavy atom. The predicted octanol–water partition coefficient (Wildman–Crippen LogP) is 2.97. The maximum Gasteiger partial charge on any atom is 0.260 e. The van der Waals surface area contributed by atoms with E-state index in [0.29, 0.717) is 18.9 Å². The molecule has 5 heteroatoms. The van der Waals surface area contributed by atoms with Gasteiger partial charge in [0, 0.05) is 0 Å². The second-order valence-corrected chi connectivity index (χ2v) is 5.34. The quantitative estimate of drug-likeness (QED) is 0.757.